The van der Waals surface area contributed by atoms with Crippen molar-refractivity contribution in [1.82, 2.24) is 0 Å². The SMILES string of the molecule is [CH2-]CCCOC[C@@H]1CCC(=O)N1c1ccccc1.[Y]. The Morgan fingerprint density at radius 3 is 2.74 bits per heavy atom. The number of carbonyl (C=O) groups excluding carboxylic acids is 1. The van der Waals surface area contributed by atoms with Crippen LogP contribution >= 0.6 is 0 Å². The van der Waals surface area contributed by atoms with E-state index in [1.807, 2.05) is 35.2 Å². The third-order valence-corrected chi connectivity index (χ3v) is 3.21. The van der Waals surface area contributed by atoms with Crippen molar-refractivity contribution in [2.24, 2.45) is 0 Å². The first-order chi connectivity index (χ1) is 8.83. The molecule has 0 aromatic heterocycles. The zero-order valence-electron chi connectivity index (χ0n) is 11.3. The van der Waals surface area contributed by atoms with Crippen LogP contribution in [-0.2, 0) is 42.2 Å². The van der Waals surface area contributed by atoms with Crippen LogP contribution in [0.15, 0.2) is 30.3 Å². The van der Waals surface area contributed by atoms with Crippen LogP contribution in [0, 0.1) is 6.92 Å². The molecule has 0 bridgehead atoms. The van der Waals surface area contributed by atoms with E-state index in [9.17, 15) is 4.79 Å². The summed E-state index contributed by atoms with van der Waals surface area (Å²) in [6.07, 6.45) is 3.38. The predicted molar refractivity (Wildman–Crippen MR) is 72.4 cm³/mol. The van der Waals surface area contributed by atoms with Gasteiger partial charge in [-0.1, -0.05) is 24.6 Å². The molecule has 1 fully saturated rings. The Morgan fingerprint density at radius 1 is 1.32 bits per heavy atom. The third-order valence-electron chi connectivity index (χ3n) is 3.21. The molecule has 0 unspecified atom stereocenters. The molecule has 0 aliphatic carbocycles. The van der Waals surface area contributed by atoms with E-state index in [1.54, 1.807) is 0 Å². The molecule has 0 N–H and O–H groups in total. The number of anilines is 1. The molecular formula is C15H20NO2Y-. The summed E-state index contributed by atoms with van der Waals surface area (Å²) in [4.78, 5) is 13.8. The van der Waals surface area contributed by atoms with Gasteiger partial charge in [-0.05, 0) is 18.6 Å². The molecule has 1 aliphatic heterocycles. The van der Waals surface area contributed by atoms with E-state index in [-0.39, 0.29) is 44.7 Å². The Balaban J connectivity index is 0.00000180. The van der Waals surface area contributed by atoms with Crippen LogP contribution in [0.25, 0.3) is 0 Å². The molecule has 19 heavy (non-hydrogen) atoms. The molecule has 3 nitrogen and oxygen atoms in total. The fraction of sp³-hybridized carbons (Fsp3) is 0.467. The summed E-state index contributed by atoms with van der Waals surface area (Å²) >= 11 is 0. The van der Waals surface area contributed by atoms with Crippen molar-refractivity contribution < 1.29 is 42.2 Å². The van der Waals surface area contributed by atoms with Crippen molar-refractivity contribution >= 4 is 11.6 Å². The Morgan fingerprint density at radius 2 is 2.05 bits per heavy atom. The van der Waals surface area contributed by atoms with Gasteiger partial charge in [-0.3, -0.25) is 4.79 Å². The normalized spacial score (nSPS) is 18.5. The minimum absolute atomic E-state index is 0. The van der Waals surface area contributed by atoms with Gasteiger partial charge in [-0.25, -0.2) is 0 Å². The van der Waals surface area contributed by atoms with Crippen molar-refractivity contribution in [2.75, 3.05) is 18.1 Å². The number of para-hydroxylation sites is 1. The maximum Gasteiger partial charge on any atom is 0.227 e. The van der Waals surface area contributed by atoms with E-state index in [0.717, 1.165) is 31.6 Å². The number of unbranched alkanes of at least 4 members (excludes halogenated alkanes) is 1. The van der Waals surface area contributed by atoms with E-state index >= 15 is 0 Å². The largest absolute Gasteiger partial charge is 0.379 e. The van der Waals surface area contributed by atoms with Gasteiger partial charge in [0.15, 0.2) is 0 Å². The molecule has 4 heteroatoms. The van der Waals surface area contributed by atoms with E-state index < -0.39 is 0 Å². The van der Waals surface area contributed by atoms with Crippen LogP contribution in [0.5, 0.6) is 0 Å². The second kappa shape index (κ2) is 8.83. The third kappa shape index (κ3) is 4.66. The van der Waals surface area contributed by atoms with Crippen molar-refractivity contribution in [1.29, 1.82) is 0 Å². The smallest absolute Gasteiger partial charge is 0.227 e. The second-order valence-corrected chi connectivity index (χ2v) is 4.57. The van der Waals surface area contributed by atoms with Gasteiger partial charge < -0.3 is 16.6 Å². The molecule has 1 aliphatic rings. The summed E-state index contributed by atoms with van der Waals surface area (Å²) in [5.74, 6) is 0.201. The van der Waals surface area contributed by atoms with Crippen LogP contribution in [0.4, 0.5) is 5.69 Å². The zero-order valence-corrected chi connectivity index (χ0v) is 14.1. The number of amides is 1. The van der Waals surface area contributed by atoms with Crippen molar-refractivity contribution in [3.05, 3.63) is 37.3 Å². The van der Waals surface area contributed by atoms with Crippen LogP contribution in [0.2, 0.25) is 0 Å². The van der Waals surface area contributed by atoms with Crippen molar-refractivity contribution in [3.8, 4) is 0 Å². The number of hydrogen-bond donors (Lipinski definition) is 0. The fourth-order valence-electron chi connectivity index (χ4n) is 2.27. The summed E-state index contributed by atoms with van der Waals surface area (Å²) < 4.78 is 5.62. The molecule has 1 atom stereocenters. The van der Waals surface area contributed by atoms with Crippen molar-refractivity contribution in [2.45, 2.75) is 31.7 Å². The first-order valence-corrected chi connectivity index (χ1v) is 6.57. The maximum absolute atomic E-state index is 11.9. The number of carbonyl (C=O) groups is 1. The van der Waals surface area contributed by atoms with Gasteiger partial charge in [0.05, 0.1) is 12.6 Å². The zero-order chi connectivity index (χ0) is 12.8. The van der Waals surface area contributed by atoms with Gasteiger partial charge in [0.2, 0.25) is 5.91 Å². The minimum atomic E-state index is 0. The molecule has 1 saturated heterocycles. The summed E-state index contributed by atoms with van der Waals surface area (Å²) in [5.41, 5.74) is 0.978. The number of nitrogens with zero attached hydrogens (tertiary/aromatic N) is 1. The number of rotatable bonds is 6. The Kier molecular flexibility index (Phi) is 7.81. The second-order valence-electron chi connectivity index (χ2n) is 4.57. The van der Waals surface area contributed by atoms with Crippen LogP contribution in [0.3, 0.4) is 0 Å². The topological polar surface area (TPSA) is 29.5 Å². The minimum Gasteiger partial charge on any atom is -0.379 e. The number of benzene rings is 1. The Labute approximate surface area is 140 Å². The van der Waals surface area contributed by atoms with Gasteiger partial charge >= 0.3 is 0 Å². The van der Waals surface area contributed by atoms with Gasteiger partial charge in [0.1, 0.15) is 0 Å². The van der Waals surface area contributed by atoms with Gasteiger partial charge in [-0.15, -0.1) is 0 Å². The first kappa shape index (κ1) is 16.8. The standard InChI is InChI=1S/C15H20NO2.Y/c1-2-3-11-18-12-14-9-10-15(17)16(14)13-7-5-4-6-8-13;/h4-8,14H,1-3,9-12H2;/q-1;/t14-;/m0./s1. The molecule has 1 amide bonds. The molecule has 1 heterocycles. The summed E-state index contributed by atoms with van der Waals surface area (Å²) in [5, 5.41) is 0. The summed E-state index contributed by atoms with van der Waals surface area (Å²) in [6.45, 7) is 5.14. The van der Waals surface area contributed by atoms with Gasteiger partial charge in [0.25, 0.3) is 0 Å². The molecule has 0 saturated carbocycles. The van der Waals surface area contributed by atoms with Gasteiger partial charge in [-0.2, -0.15) is 6.42 Å². The predicted octanol–water partition coefficient (Wildman–Crippen LogP) is 2.81. The average molecular weight is 335 g/mol. The monoisotopic (exact) mass is 335 g/mol. The van der Waals surface area contributed by atoms with E-state index in [1.165, 1.54) is 0 Å². The van der Waals surface area contributed by atoms with Crippen molar-refractivity contribution in [3.63, 3.8) is 0 Å². The average Bonchev–Trinajstić information content (AvgIpc) is 2.77. The van der Waals surface area contributed by atoms with Crippen LogP contribution in [0.1, 0.15) is 25.7 Å². The van der Waals surface area contributed by atoms with E-state index in [2.05, 4.69) is 6.92 Å². The van der Waals surface area contributed by atoms with Gasteiger partial charge in [0, 0.05) is 51.4 Å². The molecule has 1 radical (unpaired) electrons. The Bertz CT molecular complexity index is 383. The summed E-state index contributed by atoms with van der Waals surface area (Å²) in [6, 6.07) is 10.0. The van der Waals surface area contributed by atoms with E-state index in [4.69, 9.17) is 4.74 Å². The number of ether oxygens (including phenoxy) is 1. The molecule has 0 spiro atoms. The summed E-state index contributed by atoms with van der Waals surface area (Å²) in [7, 11) is 0. The molecule has 1 aromatic rings. The first-order valence-electron chi connectivity index (χ1n) is 6.57. The maximum atomic E-state index is 11.9. The van der Waals surface area contributed by atoms with Crippen LogP contribution in [-0.4, -0.2) is 25.2 Å². The van der Waals surface area contributed by atoms with E-state index in [0.29, 0.717) is 13.0 Å². The quantitative estimate of drug-likeness (QED) is 0.591. The molecular weight excluding hydrogens is 315 g/mol. The number of hydrogen-bond acceptors (Lipinski definition) is 2. The molecule has 2 rings (SSSR count). The molecule has 101 valence electrons. The fourth-order valence-corrected chi connectivity index (χ4v) is 2.27. The molecule has 1 aromatic carbocycles. The Hall–Kier alpha value is -0.246. The van der Waals surface area contributed by atoms with Crippen LogP contribution < -0.4 is 4.90 Å².